The molecule has 1 aromatic rings. The summed E-state index contributed by atoms with van der Waals surface area (Å²) in [5.41, 5.74) is 0. The van der Waals surface area contributed by atoms with Crippen LogP contribution >= 0.6 is 23.2 Å². The fourth-order valence-corrected chi connectivity index (χ4v) is 7.56. The van der Waals surface area contributed by atoms with Gasteiger partial charge in [-0.3, -0.25) is 4.79 Å². The van der Waals surface area contributed by atoms with Crippen molar-refractivity contribution in [3.05, 3.63) is 40.9 Å². The highest BCUT2D eigenvalue weighted by atomic mass is 35.5. The van der Waals surface area contributed by atoms with Crippen LogP contribution in [0.5, 0.6) is 0 Å². The smallest absolute Gasteiger partial charge is 0.244 e. The molecule has 0 radical (unpaired) electrons. The summed E-state index contributed by atoms with van der Waals surface area (Å²) < 4.78 is 28.6. The van der Waals surface area contributed by atoms with Crippen LogP contribution in [0.15, 0.2) is 35.7 Å². The topological polar surface area (TPSA) is 57.7 Å². The van der Waals surface area contributed by atoms with E-state index in [1.165, 1.54) is 22.5 Å². The zero-order chi connectivity index (χ0) is 19.3. The lowest BCUT2D eigenvalue weighted by Gasteiger charge is -2.40. The molecule has 0 spiro atoms. The molecule has 0 saturated carbocycles. The summed E-state index contributed by atoms with van der Waals surface area (Å²) in [5.74, 6) is -0.158. The summed E-state index contributed by atoms with van der Waals surface area (Å²) in [6, 6.07) is 3.39. The van der Waals surface area contributed by atoms with E-state index in [0.29, 0.717) is 13.0 Å². The average Bonchev–Trinajstić information content (AvgIpc) is 3.08. The minimum Gasteiger partial charge on any atom is -0.338 e. The Balaban J connectivity index is 1.85. The Hall–Kier alpha value is -1.08. The quantitative estimate of drug-likeness (QED) is 0.689. The molecule has 4 rings (SSSR count). The van der Waals surface area contributed by atoms with Crippen molar-refractivity contribution in [2.45, 2.75) is 55.1 Å². The van der Waals surface area contributed by atoms with Gasteiger partial charge in [-0.1, -0.05) is 29.3 Å². The van der Waals surface area contributed by atoms with E-state index >= 15 is 0 Å². The van der Waals surface area contributed by atoms with Gasteiger partial charge in [0.15, 0.2) is 0 Å². The first-order valence-electron chi connectivity index (χ1n) is 9.27. The van der Waals surface area contributed by atoms with Crippen LogP contribution < -0.4 is 0 Å². The van der Waals surface area contributed by atoms with Crippen molar-refractivity contribution in [2.24, 2.45) is 5.92 Å². The molecule has 3 aliphatic heterocycles. The van der Waals surface area contributed by atoms with Crippen molar-refractivity contribution >= 4 is 39.1 Å². The number of benzene rings is 1. The molecule has 0 aromatic heterocycles. The molecule has 0 aliphatic carbocycles. The predicted octanol–water partition coefficient (Wildman–Crippen LogP) is 3.71. The number of amides is 1. The number of piperidine rings is 1. The molecule has 1 aromatic carbocycles. The van der Waals surface area contributed by atoms with Crippen molar-refractivity contribution in [2.75, 3.05) is 6.54 Å². The van der Waals surface area contributed by atoms with Crippen LogP contribution in [-0.4, -0.2) is 48.2 Å². The number of rotatable bonds is 3. The van der Waals surface area contributed by atoms with Gasteiger partial charge in [-0.2, -0.15) is 4.31 Å². The summed E-state index contributed by atoms with van der Waals surface area (Å²) in [5, 5.41) is 0.515. The highest BCUT2D eigenvalue weighted by Crippen LogP contribution is 2.42. The molecule has 2 bridgehead atoms. The highest BCUT2D eigenvalue weighted by molar-refractivity contribution is 7.89. The third kappa shape index (κ3) is 3.11. The normalized spacial score (nSPS) is 31.5. The van der Waals surface area contributed by atoms with Crippen molar-refractivity contribution in [1.29, 1.82) is 0 Å². The van der Waals surface area contributed by atoms with Crippen molar-refractivity contribution in [3.8, 4) is 0 Å². The third-order valence-corrected chi connectivity index (χ3v) is 8.40. The van der Waals surface area contributed by atoms with Gasteiger partial charge in [0.2, 0.25) is 15.9 Å². The van der Waals surface area contributed by atoms with Crippen molar-refractivity contribution in [1.82, 2.24) is 9.21 Å². The molecule has 5 nitrogen and oxygen atoms in total. The Bertz CT molecular complexity index is 869. The molecule has 3 aliphatic rings. The lowest BCUT2D eigenvalue weighted by molar-refractivity contribution is -0.135. The molecule has 8 heteroatoms. The third-order valence-electron chi connectivity index (χ3n) is 6.05. The van der Waals surface area contributed by atoms with E-state index in [9.17, 15) is 13.2 Å². The first-order valence-corrected chi connectivity index (χ1v) is 11.5. The molecule has 4 atom stereocenters. The first-order chi connectivity index (χ1) is 12.8. The molecule has 3 fully saturated rings. The number of carbonyl (C=O) groups is 1. The second kappa shape index (κ2) is 7.07. The van der Waals surface area contributed by atoms with Crippen LogP contribution in [0.1, 0.15) is 32.1 Å². The lowest BCUT2D eigenvalue weighted by atomic mass is 9.85. The monoisotopic (exact) mass is 428 g/mol. The fraction of sp³-hybridized carbons (Fsp3) is 0.526. The predicted molar refractivity (Wildman–Crippen MR) is 105 cm³/mol. The second-order valence-corrected chi connectivity index (χ2v) is 10.2. The summed E-state index contributed by atoms with van der Waals surface area (Å²) in [4.78, 5) is 15.2. The van der Waals surface area contributed by atoms with Crippen LogP contribution in [0.25, 0.3) is 0 Å². The average molecular weight is 429 g/mol. The summed E-state index contributed by atoms with van der Waals surface area (Å²) in [6.07, 6.45) is 5.77. The van der Waals surface area contributed by atoms with Crippen molar-refractivity contribution < 1.29 is 13.2 Å². The molecule has 3 saturated heterocycles. The molecule has 1 amide bonds. The Kier molecular flexibility index (Phi) is 5.04. The first kappa shape index (κ1) is 19.2. The van der Waals surface area contributed by atoms with Crippen molar-refractivity contribution in [3.63, 3.8) is 0 Å². The maximum atomic E-state index is 13.6. The summed E-state index contributed by atoms with van der Waals surface area (Å²) >= 11 is 12.1. The zero-order valence-electron chi connectivity index (χ0n) is 14.9. The maximum Gasteiger partial charge on any atom is 0.244 e. The SMILES string of the molecule is C=C[C@H]1[C@@H]2CCCN2C(=O)C2CCC[C@@H]1N2S(=O)(=O)c1cc(Cl)cc(Cl)c1. The molecule has 146 valence electrons. The molecular weight excluding hydrogens is 407 g/mol. The van der Waals surface area contributed by atoms with Crippen LogP contribution in [0.2, 0.25) is 10.0 Å². The lowest BCUT2D eigenvalue weighted by Crippen LogP contribution is -2.54. The summed E-state index contributed by atoms with van der Waals surface area (Å²) in [6.45, 7) is 4.66. The summed E-state index contributed by atoms with van der Waals surface area (Å²) in [7, 11) is -3.93. The van der Waals surface area contributed by atoms with Crippen LogP contribution in [-0.2, 0) is 14.8 Å². The zero-order valence-corrected chi connectivity index (χ0v) is 17.2. The van der Waals surface area contributed by atoms with Gasteiger partial charge in [0.05, 0.1) is 4.90 Å². The van der Waals surface area contributed by atoms with E-state index in [0.717, 1.165) is 25.7 Å². The van der Waals surface area contributed by atoms with Gasteiger partial charge >= 0.3 is 0 Å². The van der Waals surface area contributed by atoms with E-state index in [2.05, 4.69) is 6.58 Å². The van der Waals surface area contributed by atoms with Gasteiger partial charge in [-0.25, -0.2) is 8.42 Å². The number of halogens is 2. The van der Waals surface area contributed by atoms with Gasteiger partial charge in [-0.15, -0.1) is 6.58 Å². The van der Waals surface area contributed by atoms with Gasteiger partial charge < -0.3 is 4.90 Å². The maximum absolute atomic E-state index is 13.6. The minimum absolute atomic E-state index is 0.0312. The number of sulfonamides is 1. The van der Waals surface area contributed by atoms with E-state index in [1.807, 2.05) is 11.0 Å². The van der Waals surface area contributed by atoms with Crippen LogP contribution in [0, 0.1) is 5.92 Å². The van der Waals surface area contributed by atoms with Gasteiger partial charge in [0, 0.05) is 34.6 Å². The van der Waals surface area contributed by atoms with E-state index in [-0.39, 0.29) is 38.8 Å². The number of fused-ring (bicyclic) bond motifs is 3. The fourth-order valence-electron chi connectivity index (χ4n) is 4.97. The molecule has 1 unspecified atom stereocenters. The number of nitrogens with zero attached hydrogens (tertiary/aromatic N) is 2. The number of hydrogen-bond acceptors (Lipinski definition) is 3. The molecule has 3 heterocycles. The van der Waals surface area contributed by atoms with Gasteiger partial charge in [0.25, 0.3) is 0 Å². The van der Waals surface area contributed by atoms with Gasteiger partial charge in [0.1, 0.15) is 6.04 Å². The van der Waals surface area contributed by atoms with E-state index in [1.54, 1.807) is 0 Å². The Labute approximate surface area is 170 Å². The highest BCUT2D eigenvalue weighted by Gasteiger charge is 2.53. The minimum atomic E-state index is -3.93. The number of hydrogen-bond donors (Lipinski definition) is 0. The Morgan fingerprint density at radius 3 is 2.37 bits per heavy atom. The standard InChI is InChI=1S/C19H22Cl2N2O3S/c1-2-15-16-7-4-8-22(16)19(24)18-6-3-5-17(15)23(18)27(25,26)14-10-12(20)9-13(21)11-14/h2,9-11,15-18H,1,3-8H2/t15-,16-,17-,18?/m0/s1. The van der Waals surface area contributed by atoms with Crippen LogP contribution in [0.3, 0.4) is 0 Å². The van der Waals surface area contributed by atoms with Crippen LogP contribution in [0.4, 0.5) is 0 Å². The van der Waals surface area contributed by atoms with E-state index < -0.39 is 16.1 Å². The molecule has 0 N–H and O–H groups in total. The van der Waals surface area contributed by atoms with Gasteiger partial charge in [-0.05, 0) is 50.3 Å². The molecule has 27 heavy (non-hydrogen) atoms. The molecular formula is C19H22Cl2N2O3S. The largest absolute Gasteiger partial charge is 0.338 e. The Morgan fingerprint density at radius 2 is 1.70 bits per heavy atom. The Morgan fingerprint density at radius 1 is 1.04 bits per heavy atom. The van der Waals surface area contributed by atoms with E-state index in [4.69, 9.17) is 23.2 Å². The number of carbonyl (C=O) groups excluding carboxylic acids is 1. The second-order valence-electron chi connectivity index (χ2n) is 7.51.